The molecular formula is C15H10KO8+. The van der Waals surface area contributed by atoms with E-state index >= 15 is 0 Å². The van der Waals surface area contributed by atoms with Crippen molar-refractivity contribution < 1.29 is 86.4 Å². The van der Waals surface area contributed by atoms with E-state index in [0.717, 1.165) is 18.2 Å². The van der Waals surface area contributed by atoms with Gasteiger partial charge in [0.15, 0.2) is 28.6 Å². The second kappa shape index (κ2) is 6.53. The SMILES string of the molecule is O=c1c(O)c(-c2ccc(O)c(O)c2)oc2c(O)c(O)cc(O)c12.[K+]. The van der Waals surface area contributed by atoms with Crippen molar-refractivity contribution in [1.29, 1.82) is 0 Å². The van der Waals surface area contributed by atoms with Crippen LogP contribution in [0.3, 0.4) is 0 Å². The molecule has 0 saturated carbocycles. The molecule has 0 radical (unpaired) electrons. The van der Waals surface area contributed by atoms with Crippen LogP contribution in [0.15, 0.2) is 33.5 Å². The molecule has 0 unspecified atom stereocenters. The van der Waals surface area contributed by atoms with E-state index in [4.69, 9.17) is 4.42 Å². The first kappa shape index (κ1) is 18.4. The maximum Gasteiger partial charge on any atom is 1.00 e. The summed E-state index contributed by atoms with van der Waals surface area (Å²) in [4.78, 5) is 12.2. The van der Waals surface area contributed by atoms with Crippen LogP contribution in [0.2, 0.25) is 0 Å². The summed E-state index contributed by atoms with van der Waals surface area (Å²) in [6, 6.07) is 4.12. The second-order valence-electron chi connectivity index (χ2n) is 4.78. The van der Waals surface area contributed by atoms with E-state index in [9.17, 15) is 35.4 Å². The minimum atomic E-state index is -1.04. The van der Waals surface area contributed by atoms with Gasteiger partial charge in [-0.05, 0) is 18.2 Å². The van der Waals surface area contributed by atoms with Crippen molar-refractivity contribution in [3.8, 4) is 45.8 Å². The number of rotatable bonds is 1. The van der Waals surface area contributed by atoms with Crippen LogP contribution in [0, 0.1) is 0 Å². The van der Waals surface area contributed by atoms with E-state index in [0.29, 0.717) is 0 Å². The molecule has 1 aromatic heterocycles. The van der Waals surface area contributed by atoms with Crippen molar-refractivity contribution in [3.63, 3.8) is 0 Å². The number of hydrogen-bond donors (Lipinski definition) is 6. The van der Waals surface area contributed by atoms with Gasteiger partial charge in [-0.15, -0.1) is 0 Å². The van der Waals surface area contributed by atoms with Crippen LogP contribution >= 0.6 is 0 Å². The van der Waals surface area contributed by atoms with Crippen molar-refractivity contribution in [2.45, 2.75) is 0 Å². The molecule has 6 N–H and O–H groups in total. The first-order chi connectivity index (χ1) is 10.8. The van der Waals surface area contributed by atoms with Crippen LogP contribution in [0.5, 0.6) is 34.5 Å². The molecule has 9 heteroatoms. The molecule has 2 aromatic carbocycles. The normalized spacial score (nSPS) is 10.5. The fourth-order valence-corrected chi connectivity index (χ4v) is 2.17. The zero-order valence-electron chi connectivity index (χ0n) is 12.3. The molecule has 0 spiro atoms. The Morgan fingerprint density at radius 1 is 0.750 bits per heavy atom. The Morgan fingerprint density at radius 2 is 1.42 bits per heavy atom. The molecule has 118 valence electrons. The minimum absolute atomic E-state index is 0. The fourth-order valence-electron chi connectivity index (χ4n) is 2.17. The zero-order valence-corrected chi connectivity index (χ0v) is 15.4. The topological polar surface area (TPSA) is 152 Å². The zero-order chi connectivity index (χ0) is 16.9. The van der Waals surface area contributed by atoms with E-state index in [-0.39, 0.29) is 56.9 Å². The Labute approximate surface area is 176 Å². The molecule has 0 saturated heterocycles. The third kappa shape index (κ3) is 2.80. The summed E-state index contributed by atoms with van der Waals surface area (Å²) in [5, 5.41) is 57.3. The van der Waals surface area contributed by atoms with E-state index in [2.05, 4.69) is 0 Å². The summed E-state index contributed by atoms with van der Waals surface area (Å²) in [6.07, 6.45) is 0. The van der Waals surface area contributed by atoms with Gasteiger partial charge in [0.25, 0.3) is 0 Å². The largest absolute Gasteiger partial charge is 1.00 e. The Bertz CT molecular complexity index is 1010. The fraction of sp³-hybridized carbons (Fsp3) is 0. The Kier molecular flexibility index (Phi) is 5.02. The quantitative estimate of drug-likeness (QED) is 0.179. The summed E-state index contributed by atoms with van der Waals surface area (Å²) in [7, 11) is 0. The van der Waals surface area contributed by atoms with Crippen LogP contribution in [-0.4, -0.2) is 30.6 Å². The predicted octanol–water partition coefficient (Wildman–Crippen LogP) is -1.30. The molecule has 1 heterocycles. The van der Waals surface area contributed by atoms with Gasteiger partial charge >= 0.3 is 51.4 Å². The monoisotopic (exact) mass is 357 g/mol. The smallest absolute Gasteiger partial charge is 0.507 e. The van der Waals surface area contributed by atoms with E-state index in [1.165, 1.54) is 6.07 Å². The number of benzene rings is 2. The third-order valence-electron chi connectivity index (χ3n) is 3.31. The molecule has 8 nitrogen and oxygen atoms in total. The molecule has 0 amide bonds. The van der Waals surface area contributed by atoms with Crippen molar-refractivity contribution in [2.24, 2.45) is 0 Å². The van der Waals surface area contributed by atoms with Crippen LogP contribution in [-0.2, 0) is 0 Å². The number of phenols is 5. The van der Waals surface area contributed by atoms with Gasteiger partial charge in [0.1, 0.15) is 11.1 Å². The van der Waals surface area contributed by atoms with Crippen LogP contribution in [0.4, 0.5) is 0 Å². The standard InChI is InChI=1S/C15H10O8.K/c16-6-2-1-5(3-7(6)17)14-13(22)12(21)10-8(18)4-9(19)11(20)15(10)23-14;/h1-4,16-20,22H;/q;+1. The Hall–Kier alpha value is -1.91. The van der Waals surface area contributed by atoms with Gasteiger partial charge in [0, 0.05) is 11.6 Å². The van der Waals surface area contributed by atoms with Crippen molar-refractivity contribution >= 4 is 11.0 Å². The van der Waals surface area contributed by atoms with Gasteiger partial charge in [-0.3, -0.25) is 4.79 Å². The maximum absolute atomic E-state index is 12.2. The molecule has 3 aromatic rings. The van der Waals surface area contributed by atoms with Crippen molar-refractivity contribution in [3.05, 3.63) is 34.5 Å². The van der Waals surface area contributed by atoms with E-state index in [1.54, 1.807) is 0 Å². The first-order valence-electron chi connectivity index (χ1n) is 6.27. The molecule has 0 aliphatic heterocycles. The van der Waals surface area contributed by atoms with Crippen molar-refractivity contribution in [1.82, 2.24) is 0 Å². The summed E-state index contributed by atoms with van der Waals surface area (Å²) in [6.45, 7) is 0. The first-order valence-corrected chi connectivity index (χ1v) is 6.27. The van der Waals surface area contributed by atoms with Crippen LogP contribution in [0.25, 0.3) is 22.3 Å². The minimum Gasteiger partial charge on any atom is -0.507 e. The van der Waals surface area contributed by atoms with E-state index < -0.39 is 56.7 Å². The van der Waals surface area contributed by atoms with E-state index in [1.807, 2.05) is 0 Å². The summed E-state index contributed by atoms with van der Waals surface area (Å²) in [5.41, 5.74) is -1.55. The summed E-state index contributed by atoms with van der Waals surface area (Å²) < 4.78 is 5.23. The van der Waals surface area contributed by atoms with Crippen LogP contribution in [0.1, 0.15) is 0 Å². The number of phenolic OH excluding ortho intramolecular Hbond substituents is 5. The number of hydrogen-bond acceptors (Lipinski definition) is 8. The molecule has 0 aliphatic rings. The number of aromatic hydroxyl groups is 6. The molecule has 24 heavy (non-hydrogen) atoms. The summed E-state index contributed by atoms with van der Waals surface area (Å²) >= 11 is 0. The maximum atomic E-state index is 12.2. The molecule has 0 aliphatic carbocycles. The second-order valence-corrected chi connectivity index (χ2v) is 4.78. The van der Waals surface area contributed by atoms with Gasteiger partial charge in [-0.25, -0.2) is 0 Å². The average molecular weight is 357 g/mol. The van der Waals surface area contributed by atoms with Gasteiger partial charge in [0.05, 0.1) is 0 Å². The Balaban J connectivity index is 0.00000208. The van der Waals surface area contributed by atoms with Gasteiger partial charge in [-0.2, -0.15) is 0 Å². The molecule has 0 atom stereocenters. The molecule has 0 bridgehead atoms. The molecular weight excluding hydrogens is 347 g/mol. The number of fused-ring (bicyclic) bond motifs is 1. The molecule has 3 rings (SSSR count). The van der Waals surface area contributed by atoms with Crippen molar-refractivity contribution in [2.75, 3.05) is 0 Å². The van der Waals surface area contributed by atoms with Crippen LogP contribution < -0.4 is 56.8 Å². The predicted molar refractivity (Wildman–Crippen MR) is 77.9 cm³/mol. The van der Waals surface area contributed by atoms with Gasteiger partial charge in [-0.1, -0.05) is 0 Å². The average Bonchev–Trinajstić information content (AvgIpc) is 2.50. The summed E-state index contributed by atoms with van der Waals surface area (Å²) in [5.74, 6) is -4.43. The van der Waals surface area contributed by atoms with Gasteiger partial charge in [0.2, 0.25) is 16.9 Å². The molecule has 0 fully saturated rings. The Morgan fingerprint density at radius 3 is 2.04 bits per heavy atom. The third-order valence-corrected chi connectivity index (χ3v) is 3.31. The van der Waals surface area contributed by atoms with Gasteiger partial charge < -0.3 is 35.1 Å².